The Morgan fingerprint density at radius 3 is 2.92 bits per heavy atom. The summed E-state index contributed by atoms with van der Waals surface area (Å²) in [5.41, 5.74) is 6.13. The van der Waals surface area contributed by atoms with E-state index in [0.29, 0.717) is 5.69 Å². The zero-order valence-corrected chi connectivity index (χ0v) is 7.59. The van der Waals surface area contributed by atoms with E-state index in [1.165, 1.54) is 0 Å². The lowest BCUT2D eigenvalue weighted by atomic mass is 10.1. The van der Waals surface area contributed by atoms with Crippen LogP contribution in [0.25, 0.3) is 0 Å². The average molecular weight is 185 g/mol. The molecule has 0 saturated carbocycles. The Kier molecular flexibility index (Phi) is 3.41. The van der Waals surface area contributed by atoms with Crippen LogP contribution in [-0.4, -0.2) is 32.4 Å². The molecule has 2 unspecified atom stereocenters. The van der Waals surface area contributed by atoms with Crippen molar-refractivity contribution in [3.05, 3.63) is 18.2 Å². The Morgan fingerprint density at radius 2 is 2.38 bits per heavy atom. The minimum Gasteiger partial charge on any atom is -0.395 e. The molecule has 0 aliphatic heterocycles. The van der Waals surface area contributed by atoms with Crippen LogP contribution < -0.4 is 5.73 Å². The topological polar surface area (TPSA) is 84.3 Å². The second-order valence-corrected chi connectivity index (χ2v) is 2.90. The molecule has 0 bridgehead atoms. The van der Waals surface area contributed by atoms with E-state index >= 15 is 0 Å². The summed E-state index contributed by atoms with van der Waals surface area (Å²) >= 11 is 0. The molecule has 1 aromatic heterocycles. The van der Waals surface area contributed by atoms with Crippen LogP contribution >= 0.6 is 0 Å². The molecular weight excluding hydrogens is 170 g/mol. The van der Waals surface area contributed by atoms with Crippen molar-refractivity contribution in [1.82, 2.24) is 9.55 Å². The van der Waals surface area contributed by atoms with Crippen molar-refractivity contribution in [2.45, 2.75) is 25.6 Å². The maximum absolute atomic E-state index is 9.64. The highest BCUT2D eigenvalue weighted by Gasteiger charge is 2.18. The number of aromatic nitrogens is 2. The summed E-state index contributed by atoms with van der Waals surface area (Å²) < 4.78 is 1.79. The lowest BCUT2D eigenvalue weighted by molar-refractivity contribution is 0.103. The van der Waals surface area contributed by atoms with Crippen LogP contribution in [-0.2, 0) is 6.54 Å². The van der Waals surface area contributed by atoms with Gasteiger partial charge in [0.05, 0.1) is 30.9 Å². The number of aryl methyl sites for hydroxylation is 1. The summed E-state index contributed by atoms with van der Waals surface area (Å²) in [7, 11) is 0. The smallest absolute Gasteiger partial charge is 0.113 e. The van der Waals surface area contributed by atoms with E-state index in [1.807, 2.05) is 6.92 Å². The molecular formula is C8H15N3O2. The average Bonchev–Trinajstić information content (AvgIpc) is 2.62. The molecule has 0 radical (unpaired) electrons. The van der Waals surface area contributed by atoms with Gasteiger partial charge in [-0.2, -0.15) is 0 Å². The van der Waals surface area contributed by atoms with Crippen molar-refractivity contribution in [3.63, 3.8) is 0 Å². The predicted octanol–water partition coefficient (Wildman–Crippen LogP) is -0.744. The second kappa shape index (κ2) is 4.36. The molecule has 1 rings (SSSR count). The molecule has 0 fully saturated rings. The molecule has 2 atom stereocenters. The number of rotatable bonds is 4. The van der Waals surface area contributed by atoms with Crippen LogP contribution in [0.15, 0.2) is 12.5 Å². The predicted molar refractivity (Wildman–Crippen MR) is 47.9 cm³/mol. The van der Waals surface area contributed by atoms with E-state index in [0.717, 1.165) is 6.54 Å². The van der Waals surface area contributed by atoms with Gasteiger partial charge in [-0.05, 0) is 6.92 Å². The van der Waals surface area contributed by atoms with Crippen molar-refractivity contribution in [2.75, 3.05) is 6.61 Å². The highest BCUT2D eigenvalue weighted by atomic mass is 16.3. The fraction of sp³-hybridized carbons (Fsp3) is 0.625. The molecule has 4 N–H and O–H groups in total. The maximum atomic E-state index is 9.64. The van der Waals surface area contributed by atoms with Crippen LogP contribution in [0.3, 0.4) is 0 Å². The van der Waals surface area contributed by atoms with Gasteiger partial charge in [0.2, 0.25) is 0 Å². The van der Waals surface area contributed by atoms with Crippen LogP contribution in [0, 0.1) is 0 Å². The lowest BCUT2D eigenvalue weighted by Crippen LogP contribution is -2.33. The maximum Gasteiger partial charge on any atom is 0.113 e. The first-order chi connectivity index (χ1) is 6.20. The molecule has 5 heteroatoms. The molecule has 0 spiro atoms. The summed E-state index contributed by atoms with van der Waals surface area (Å²) in [6.07, 6.45) is 2.33. The fourth-order valence-electron chi connectivity index (χ4n) is 1.16. The molecule has 0 aliphatic rings. The number of hydrogen-bond acceptors (Lipinski definition) is 4. The number of aliphatic hydroxyl groups is 2. The first-order valence-corrected chi connectivity index (χ1v) is 4.25. The third kappa shape index (κ3) is 2.06. The first-order valence-electron chi connectivity index (χ1n) is 4.25. The zero-order chi connectivity index (χ0) is 9.84. The Hall–Kier alpha value is -0.910. The van der Waals surface area contributed by atoms with E-state index in [4.69, 9.17) is 10.8 Å². The molecule has 1 heterocycles. The van der Waals surface area contributed by atoms with Crippen molar-refractivity contribution in [3.8, 4) is 0 Å². The Morgan fingerprint density at radius 1 is 1.69 bits per heavy atom. The van der Waals surface area contributed by atoms with Gasteiger partial charge >= 0.3 is 0 Å². The van der Waals surface area contributed by atoms with Gasteiger partial charge < -0.3 is 20.5 Å². The van der Waals surface area contributed by atoms with Gasteiger partial charge in [-0.1, -0.05) is 0 Å². The summed E-state index contributed by atoms with van der Waals surface area (Å²) in [6, 6.07) is -0.651. The van der Waals surface area contributed by atoms with E-state index < -0.39 is 12.1 Å². The Labute approximate surface area is 76.8 Å². The summed E-state index contributed by atoms with van der Waals surface area (Å²) in [5, 5.41) is 18.4. The molecule has 0 aromatic carbocycles. The van der Waals surface area contributed by atoms with Gasteiger partial charge in [-0.15, -0.1) is 0 Å². The van der Waals surface area contributed by atoms with Crippen LogP contribution in [0.1, 0.15) is 18.7 Å². The SMILES string of the molecule is CCn1cncc1C(O)C(N)CO. The molecule has 5 nitrogen and oxygen atoms in total. The summed E-state index contributed by atoms with van der Waals surface area (Å²) in [5.74, 6) is 0. The van der Waals surface area contributed by atoms with Crippen molar-refractivity contribution >= 4 is 0 Å². The molecule has 74 valence electrons. The third-order valence-corrected chi connectivity index (χ3v) is 2.00. The minimum atomic E-state index is -0.854. The van der Waals surface area contributed by atoms with Crippen molar-refractivity contribution in [1.29, 1.82) is 0 Å². The number of imidazole rings is 1. The number of nitrogens with zero attached hydrogens (tertiary/aromatic N) is 2. The first kappa shape index (κ1) is 10.2. The largest absolute Gasteiger partial charge is 0.395 e. The van der Waals surface area contributed by atoms with Crippen LogP contribution in [0.4, 0.5) is 0 Å². The normalized spacial score (nSPS) is 15.7. The number of hydrogen-bond donors (Lipinski definition) is 3. The van der Waals surface area contributed by atoms with E-state index in [-0.39, 0.29) is 6.61 Å². The fourth-order valence-corrected chi connectivity index (χ4v) is 1.16. The van der Waals surface area contributed by atoms with Gasteiger partial charge in [0.25, 0.3) is 0 Å². The molecule has 0 aliphatic carbocycles. The van der Waals surface area contributed by atoms with Gasteiger partial charge in [0.1, 0.15) is 6.10 Å². The van der Waals surface area contributed by atoms with Gasteiger partial charge in [0, 0.05) is 6.54 Å². The van der Waals surface area contributed by atoms with Gasteiger partial charge in [-0.25, -0.2) is 4.98 Å². The van der Waals surface area contributed by atoms with Crippen molar-refractivity contribution < 1.29 is 10.2 Å². The summed E-state index contributed by atoms with van der Waals surface area (Å²) in [4.78, 5) is 3.90. The van der Waals surface area contributed by atoms with E-state index in [1.54, 1.807) is 17.1 Å². The van der Waals surface area contributed by atoms with Gasteiger partial charge in [0.15, 0.2) is 0 Å². The molecule has 13 heavy (non-hydrogen) atoms. The molecule has 0 amide bonds. The molecule has 1 aromatic rings. The van der Waals surface area contributed by atoms with Crippen LogP contribution in [0.5, 0.6) is 0 Å². The quantitative estimate of drug-likeness (QED) is 0.576. The summed E-state index contributed by atoms with van der Waals surface area (Å²) in [6.45, 7) is 2.43. The van der Waals surface area contributed by atoms with E-state index in [9.17, 15) is 5.11 Å². The monoisotopic (exact) mass is 185 g/mol. The van der Waals surface area contributed by atoms with Gasteiger partial charge in [-0.3, -0.25) is 0 Å². The van der Waals surface area contributed by atoms with E-state index in [2.05, 4.69) is 4.98 Å². The highest BCUT2D eigenvalue weighted by Crippen LogP contribution is 2.14. The molecule has 0 saturated heterocycles. The third-order valence-electron chi connectivity index (χ3n) is 2.00. The number of aliphatic hydroxyl groups excluding tert-OH is 2. The number of nitrogens with two attached hydrogens (primary N) is 1. The Bertz CT molecular complexity index is 262. The lowest BCUT2D eigenvalue weighted by Gasteiger charge is -2.17. The minimum absolute atomic E-state index is 0.240. The highest BCUT2D eigenvalue weighted by molar-refractivity contribution is 5.05. The van der Waals surface area contributed by atoms with Crippen LogP contribution in [0.2, 0.25) is 0 Å². The van der Waals surface area contributed by atoms with Crippen molar-refractivity contribution in [2.24, 2.45) is 5.73 Å². The second-order valence-electron chi connectivity index (χ2n) is 2.90. The standard InChI is InChI=1S/C8H15N3O2/c1-2-11-5-10-3-7(11)8(13)6(9)4-12/h3,5-6,8,12-13H,2,4,9H2,1H3. The Balaban J connectivity index is 2.81. The zero-order valence-electron chi connectivity index (χ0n) is 7.59.